The van der Waals surface area contributed by atoms with Gasteiger partial charge in [-0.15, -0.1) is 0 Å². The lowest BCUT2D eigenvalue weighted by molar-refractivity contribution is -0.133. The Labute approximate surface area is 212 Å². The van der Waals surface area contributed by atoms with Gasteiger partial charge in [0, 0.05) is 37.0 Å². The fraction of sp³-hybridized carbons (Fsp3) is 0.483. The van der Waals surface area contributed by atoms with Crippen molar-refractivity contribution in [2.24, 2.45) is 11.8 Å². The van der Waals surface area contributed by atoms with Crippen LogP contribution in [-0.4, -0.2) is 53.6 Å². The molecule has 3 aliphatic rings. The molecule has 7 nitrogen and oxygen atoms in total. The van der Waals surface area contributed by atoms with Crippen LogP contribution in [0.1, 0.15) is 56.6 Å². The standard InChI is InChI=1S/C29H35N3O4/c1-29(2,3)36-28(35)32-16-22(26(33)30-24-14-20(24)18-10-6-4-7-11-18)23(17-32)27(34)31-25-15-21(25)19-12-8-5-9-13-19/h4-13,20-25H,14-17H2,1-3H3,(H,30,33)(H,31,34)/t20-,21-,22+,23+,24+,25+/m1/s1. The molecule has 0 bridgehead atoms. The van der Waals surface area contributed by atoms with Crippen molar-refractivity contribution in [1.82, 2.24) is 15.5 Å². The van der Waals surface area contributed by atoms with Crippen LogP contribution in [0.4, 0.5) is 4.79 Å². The highest BCUT2D eigenvalue weighted by atomic mass is 16.6. The predicted octanol–water partition coefficient (Wildman–Crippen LogP) is 3.81. The van der Waals surface area contributed by atoms with E-state index in [0.29, 0.717) is 11.8 Å². The van der Waals surface area contributed by atoms with E-state index in [1.54, 1.807) is 0 Å². The first-order valence-corrected chi connectivity index (χ1v) is 12.9. The summed E-state index contributed by atoms with van der Waals surface area (Å²) < 4.78 is 5.54. The van der Waals surface area contributed by atoms with Crippen LogP contribution in [-0.2, 0) is 14.3 Å². The summed E-state index contributed by atoms with van der Waals surface area (Å²) in [5.41, 5.74) is 1.77. The minimum Gasteiger partial charge on any atom is -0.444 e. The van der Waals surface area contributed by atoms with Crippen molar-refractivity contribution in [1.29, 1.82) is 0 Å². The van der Waals surface area contributed by atoms with E-state index >= 15 is 0 Å². The first-order valence-electron chi connectivity index (χ1n) is 12.9. The van der Waals surface area contributed by atoms with Crippen molar-refractivity contribution in [3.63, 3.8) is 0 Å². The van der Waals surface area contributed by atoms with Gasteiger partial charge >= 0.3 is 6.09 Å². The van der Waals surface area contributed by atoms with E-state index in [1.165, 1.54) is 16.0 Å². The first kappa shape index (κ1) is 24.3. The molecule has 0 spiro atoms. The average Bonchev–Trinajstić information content (AvgIpc) is 3.74. The van der Waals surface area contributed by atoms with Crippen LogP contribution < -0.4 is 10.6 Å². The molecule has 5 rings (SSSR count). The van der Waals surface area contributed by atoms with Gasteiger partial charge in [-0.3, -0.25) is 9.59 Å². The minimum atomic E-state index is -0.650. The Kier molecular flexibility index (Phi) is 6.49. The Morgan fingerprint density at radius 1 is 0.750 bits per heavy atom. The summed E-state index contributed by atoms with van der Waals surface area (Å²) in [7, 11) is 0. The SMILES string of the molecule is CC(C)(C)OC(=O)N1C[C@H](C(=O)N[C@H]2C[C@@H]2c2ccccc2)[C@@H](C(=O)N[C@H]2C[C@@H]2c2ccccc2)C1. The summed E-state index contributed by atoms with van der Waals surface area (Å²) in [6, 6.07) is 20.4. The lowest BCUT2D eigenvalue weighted by Gasteiger charge is -2.24. The molecule has 3 amide bonds. The van der Waals surface area contributed by atoms with Gasteiger partial charge in [0.05, 0.1) is 11.8 Å². The predicted molar refractivity (Wildman–Crippen MR) is 136 cm³/mol. The van der Waals surface area contributed by atoms with E-state index < -0.39 is 23.5 Å². The van der Waals surface area contributed by atoms with Gasteiger partial charge < -0.3 is 20.3 Å². The lowest BCUT2D eigenvalue weighted by atomic mass is 9.94. The maximum Gasteiger partial charge on any atom is 0.410 e. The van der Waals surface area contributed by atoms with E-state index in [2.05, 4.69) is 34.9 Å². The fourth-order valence-corrected chi connectivity index (χ4v) is 5.24. The maximum absolute atomic E-state index is 13.4. The number of hydrogen-bond acceptors (Lipinski definition) is 4. The Hall–Kier alpha value is -3.35. The molecule has 0 unspecified atom stereocenters. The fourth-order valence-electron chi connectivity index (χ4n) is 5.24. The van der Waals surface area contributed by atoms with Gasteiger partial charge in [0.2, 0.25) is 11.8 Å². The van der Waals surface area contributed by atoms with Gasteiger partial charge in [-0.1, -0.05) is 60.7 Å². The van der Waals surface area contributed by atoms with E-state index in [9.17, 15) is 14.4 Å². The second-order valence-corrected chi connectivity index (χ2v) is 11.3. The minimum absolute atomic E-state index is 0.0603. The molecular formula is C29H35N3O4. The Balaban J connectivity index is 1.24. The molecule has 2 aliphatic carbocycles. The number of ether oxygens (including phenoxy) is 1. The average molecular weight is 490 g/mol. The van der Waals surface area contributed by atoms with Gasteiger partial charge in [0.15, 0.2) is 0 Å². The van der Waals surface area contributed by atoms with Crippen LogP contribution in [0, 0.1) is 11.8 Å². The summed E-state index contributed by atoms with van der Waals surface area (Å²) in [6.07, 6.45) is 1.28. The molecule has 7 heteroatoms. The van der Waals surface area contributed by atoms with Crippen molar-refractivity contribution >= 4 is 17.9 Å². The topological polar surface area (TPSA) is 87.7 Å². The number of hydrogen-bond donors (Lipinski definition) is 2. The zero-order valence-corrected chi connectivity index (χ0v) is 21.1. The highest BCUT2D eigenvalue weighted by Gasteiger charge is 2.49. The summed E-state index contributed by atoms with van der Waals surface area (Å²) >= 11 is 0. The number of benzene rings is 2. The lowest BCUT2D eigenvalue weighted by Crippen LogP contribution is -2.43. The maximum atomic E-state index is 13.4. The van der Waals surface area contributed by atoms with Crippen LogP contribution in [0.3, 0.4) is 0 Å². The summed E-state index contributed by atoms with van der Waals surface area (Å²) in [5, 5.41) is 6.29. The summed E-state index contributed by atoms with van der Waals surface area (Å²) in [4.78, 5) is 41.0. The molecule has 190 valence electrons. The van der Waals surface area contributed by atoms with Crippen molar-refractivity contribution in [2.75, 3.05) is 13.1 Å². The van der Waals surface area contributed by atoms with Crippen LogP contribution >= 0.6 is 0 Å². The Morgan fingerprint density at radius 3 is 1.56 bits per heavy atom. The van der Waals surface area contributed by atoms with Gasteiger partial charge in [0.25, 0.3) is 0 Å². The molecule has 2 saturated carbocycles. The Morgan fingerprint density at radius 2 is 1.17 bits per heavy atom. The zero-order valence-electron chi connectivity index (χ0n) is 21.1. The quantitative estimate of drug-likeness (QED) is 0.646. The molecule has 2 aromatic carbocycles. The third kappa shape index (κ3) is 5.55. The van der Waals surface area contributed by atoms with E-state index in [0.717, 1.165) is 12.8 Å². The molecule has 1 aliphatic heterocycles. The summed E-state index contributed by atoms with van der Waals surface area (Å²) in [6.45, 7) is 5.78. The first-order chi connectivity index (χ1) is 17.2. The van der Waals surface area contributed by atoms with Crippen molar-refractivity contribution in [2.45, 2.75) is 63.1 Å². The number of amides is 3. The van der Waals surface area contributed by atoms with Gasteiger partial charge in [-0.2, -0.15) is 0 Å². The Bertz CT molecular complexity index is 1040. The third-order valence-electron chi connectivity index (χ3n) is 7.34. The molecule has 36 heavy (non-hydrogen) atoms. The van der Waals surface area contributed by atoms with Gasteiger partial charge in [-0.25, -0.2) is 4.79 Å². The van der Waals surface area contributed by atoms with Gasteiger partial charge in [0.1, 0.15) is 5.60 Å². The monoisotopic (exact) mass is 489 g/mol. The number of rotatable bonds is 6. The number of nitrogens with zero attached hydrogens (tertiary/aromatic N) is 1. The zero-order chi connectivity index (χ0) is 25.4. The molecular weight excluding hydrogens is 454 g/mol. The third-order valence-corrected chi connectivity index (χ3v) is 7.34. The second-order valence-electron chi connectivity index (χ2n) is 11.3. The smallest absolute Gasteiger partial charge is 0.410 e. The van der Waals surface area contributed by atoms with E-state index in [1.807, 2.05) is 57.2 Å². The number of likely N-dealkylation sites (tertiary alicyclic amines) is 1. The number of carbonyl (C=O) groups excluding carboxylic acids is 3. The molecule has 3 fully saturated rings. The second kappa shape index (κ2) is 9.60. The number of carbonyl (C=O) groups is 3. The van der Waals surface area contributed by atoms with Crippen LogP contribution in [0.15, 0.2) is 60.7 Å². The van der Waals surface area contributed by atoms with Crippen molar-refractivity contribution < 1.29 is 19.1 Å². The van der Waals surface area contributed by atoms with E-state index in [4.69, 9.17) is 4.74 Å². The van der Waals surface area contributed by atoms with Crippen molar-refractivity contribution in [3.05, 3.63) is 71.8 Å². The molecule has 2 aromatic rings. The van der Waals surface area contributed by atoms with Crippen LogP contribution in [0.5, 0.6) is 0 Å². The number of nitrogens with one attached hydrogen (secondary N) is 2. The van der Waals surface area contributed by atoms with Gasteiger partial charge in [-0.05, 0) is 44.7 Å². The van der Waals surface area contributed by atoms with Crippen molar-refractivity contribution in [3.8, 4) is 0 Å². The highest BCUT2D eigenvalue weighted by Crippen LogP contribution is 2.42. The largest absolute Gasteiger partial charge is 0.444 e. The molecule has 6 atom stereocenters. The molecule has 1 saturated heterocycles. The normalized spacial score (nSPS) is 28.8. The molecule has 0 radical (unpaired) electrons. The van der Waals surface area contributed by atoms with Crippen LogP contribution in [0.25, 0.3) is 0 Å². The molecule has 1 heterocycles. The van der Waals surface area contributed by atoms with Crippen LogP contribution in [0.2, 0.25) is 0 Å². The highest BCUT2D eigenvalue weighted by molar-refractivity contribution is 5.90. The van der Waals surface area contributed by atoms with E-state index in [-0.39, 0.29) is 37.0 Å². The summed E-state index contributed by atoms with van der Waals surface area (Å²) in [5.74, 6) is -0.959. The molecule has 0 aromatic heterocycles. The molecule has 2 N–H and O–H groups in total.